The molecule has 0 saturated heterocycles. The van der Waals surface area contributed by atoms with Crippen molar-refractivity contribution in [3.8, 4) is 5.75 Å². The molecule has 3 nitrogen and oxygen atoms in total. The van der Waals surface area contributed by atoms with E-state index in [-0.39, 0.29) is 5.91 Å². The van der Waals surface area contributed by atoms with Crippen LogP contribution in [0.2, 0.25) is 5.02 Å². The summed E-state index contributed by atoms with van der Waals surface area (Å²) in [5, 5.41) is 3.45. The molecule has 0 heterocycles. The second-order valence-electron chi connectivity index (χ2n) is 5.39. The van der Waals surface area contributed by atoms with Crippen LogP contribution in [0.4, 0.5) is 5.69 Å². The van der Waals surface area contributed by atoms with Crippen LogP contribution in [0.1, 0.15) is 24.0 Å². The number of amides is 1. The van der Waals surface area contributed by atoms with E-state index in [0.29, 0.717) is 30.2 Å². The second kappa shape index (κ2) is 8.37. The van der Waals surface area contributed by atoms with Crippen molar-refractivity contribution in [2.24, 2.45) is 0 Å². The zero-order chi connectivity index (χ0) is 16.8. The van der Waals surface area contributed by atoms with Gasteiger partial charge in [0, 0.05) is 10.9 Å². The van der Waals surface area contributed by atoms with Gasteiger partial charge in [-0.25, -0.2) is 0 Å². The van der Waals surface area contributed by atoms with Crippen molar-refractivity contribution in [1.29, 1.82) is 0 Å². The van der Waals surface area contributed by atoms with Gasteiger partial charge in [-0.15, -0.1) is 0 Å². The predicted octanol–water partition coefficient (Wildman–Crippen LogP) is 5.52. The van der Waals surface area contributed by atoms with E-state index in [1.54, 1.807) is 0 Å². The van der Waals surface area contributed by atoms with Crippen LogP contribution in [-0.2, 0) is 4.79 Å². The molecule has 1 N–H and O–H groups in total. The Balaban J connectivity index is 1.78. The molecule has 2 rings (SSSR count). The minimum absolute atomic E-state index is 0.0572. The zero-order valence-electron chi connectivity index (χ0n) is 13.2. The number of rotatable bonds is 6. The molecule has 0 aliphatic carbocycles. The minimum Gasteiger partial charge on any atom is -0.494 e. The fraction of sp³-hybridized carbons (Fsp3) is 0.278. The Bertz CT molecular complexity index is 663. The van der Waals surface area contributed by atoms with Gasteiger partial charge in [-0.05, 0) is 61.7 Å². The standard InChI is InChI=1S/C18H19BrClNO2/c1-12-10-13(2)18(16(20)11-12)21-17(22)4-3-9-23-15-7-5-14(19)6-8-15/h5-8,10-11H,3-4,9H2,1-2H3,(H,21,22). The maximum Gasteiger partial charge on any atom is 0.224 e. The largest absolute Gasteiger partial charge is 0.494 e. The van der Waals surface area contributed by atoms with Crippen LogP contribution in [0.5, 0.6) is 5.75 Å². The highest BCUT2D eigenvalue weighted by atomic mass is 79.9. The van der Waals surface area contributed by atoms with Crippen molar-refractivity contribution in [2.45, 2.75) is 26.7 Å². The Hall–Kier alpha value is -1.52. The maximum atomic E-state index is 12.0. The first-order valence-corrected chi connectivity index (χ1v) is 8.58. The van der Waals surface area contributed by atoms with Gasteiger partial charge in [0.15, 0.2) is 0 Å². The van der Waals surface area contributed by atoms with Crippen LogP contribution in [0.25, 0.3) is 0 Å². The van der Waals surface area contributed by atoms with E-state index in [9.17, 15) is 4.79 Å². The summed E-state index contributed by atoms with van der Waals surface area (Å²) in [6.07, 6.45) is 1.03. The van der Waals surface area contributed by atoms with Gasteiger partial charge in [0.05, 0.1) is 17.3 Å². The lowest BCUT2D eigenvalue weighted by Gasteiger charge is -2.12. The molecule has 23 heavy (non-hydrogen) atoms. The lowest BCUT2D eigenvalue weighted by Crippen LogP contribution is -2.14. The summed E-state index contributed by atoms with van der Waals surface area (Å²) in [4.78, 5) is 12.0. The molecule has 5 heteroatoms. The van der Waals surface area contributed by atoms with Gasteiger partial charge in [0.2, 0.25) is 5.91 Å². The molecule has 0 aliphatic rings. The van der Waals surface area contributed by atoms with E-state index in [2.05, 4.69) is 21.2 Å². The molecule has 0 atom stereocenters. The number of nitrogens with one attached hydrogen (secondary N) is 1. The smallest absolute Gasteiger partial charge is 0.224 e. The zero-order valence-corrected chi connectivity index (χ0v) is 15.5. The fourth-order valence-electron chi connectivity index (χ4n) is 2.23. The van der Waals surface area contributed by atoms with Crippen molar-refractivity contribution in [2.75, 3.05) is 11.9 Å². The molecule has 0 fully saturated rings. The first-order valence-electron chi connectivity index (χ1n) is 7.40. The van der Waals surface area contributed by atoms with Crippen LogP contribution in [0.15, 0.2) is 40.9 Å². The second-order valence-corrected chi connectivity index (χ2v) is 6.72. The fourth-order valence-corrected chi connectivity index (χ4v) is 2.86. The molecule has 0 radical (unpaired) electrons. The van der Waals surface area contributed by atoms with Crippen molar-refractivity contribution in [1.82, 2.24) is 0 Å². The lowest BCUT2D eigenvalue weighted by atomic mass is 10.1. The summed E-state index contributed by atoms with van der Waals surface area (Å²) >= 11 is 9.56. The molecule has 2 aromatic rings. The van der Waals surface area contributed by atoms with Gasteiger partial charge < -0.3 is 10.1 Å². The molecule has 0 aromatic heterocycles. The Morgan fingerprint density at radius 2 is 1.91 bits per heavy atom. The third-order valence-corrected chi connectivity index (χ3v) is 4.15. The number of aryl methyl sites for hydroxylation is 2. The molecule has 0 aliphatic heterocycles. The first kappa shape index (κ1) is 17.8. The van der Waals surface area contributed by atoms with Crippen LogP contribution in [-0.4, -0.2) is 12.5 Å². The highest BCUT2D eigenvalue weighted by Gasteiger charge is 2.09. The van der Waals surface area contributed by atoms with E-state index in [1.165, 1.54) is 0 Å². The average Bonchev–Trinajstić information content (AvgIpc) is 2.49. The van der Waals surface area contributed by atoms with Crippen molar-refractivity contribution < 1.29 is 9.53 Å². The summed E-state index contributed by atoms with van der Waals surface area (Å²) in [7, 11) is 0. The summed E-state index contributed by atoms with van der Waals surface area (Å²) in [5.41, 5.74) is 2.74. The molecular formula is C18H19BrClNO2. The highest BCUT2D eigenvalue weighted by molar-refractivity contribution is 9.10. The number of carbonyl (C=O) groups is 1. The molecule has 0 spiro atoms. The van der Waals surface area contributed by atoms with Gasteiger partial charge in [-0.3, -0.25) is 4.79 Å². The van der Waals surface area contributed by atoms with E-state index < -0.39 is 0 Å². The predicted molar refractivity (Wildman–Crippen MR) is 98.4 cm³/mol. The third-order valence-electron chi connectivity index (χ3n) is 3.33. The van der Waals surface area contributed by atoms with Crippen LogP contribution < -0.4 is 10.1 Å². The number of halogens is 2. The Morgan fingerprint density at radius 1 is 1.22 bits per heavy atom. The first-order chi connectivity index (χ1) is 11.0. The van der Waals surface area contributed by atoms with Gasteiger partial charge >= 0.3 is 0 Å². The Morgan fingerprint density at radius 3 is 2.57 bits per heavy atom. The van der Waals surface area contributed by atoms with Crippen LogP contribution in [0, 0.1) is 13.8 Å². The summed E-state index contributed by atoms with van der Waals surface area (Å²) in [5.74, 6) is 0.740. The Kier molecular flexibility index (Phi) is 6.48. The van der Waals surface area contributed by atoms with Crippen molar-refractivity contribution in [3.63, 3.8) is 0 Å². The van der Waals surface area contributed by atoms with Crippen LogP contribution in [0.3, 0.4) is 0 Å². The topological polar surface area (TPSA) is 38.3 Å². The van der Waals surface area contributed by atoms with E-state index >= 15 is 0 Å². The van der Waals surface area contributed by atoms with Crippen molar-refractivity contribution >= 4 is 39.1 Å². The molecule has 1 amide bonds. The summed E-state index contributed by atoms with van der Waals surface area (Å²) < 4.78 is 6.61. The maximum absolute atomic E-state index is 12.0. The molecular weight excluding hydrogens is 378 g/mol. The van der Waals surface area contributed by atoms with E-state index in [0.717, 1.165) is 21.3 Å². The monoisotopic (exact) mass is 395 g/mol. The van der Waals surface area contributed by atoms with E-state index in [4.69, 9.17) is 16.3 Å². The summed E-state index contributed by atoms with van der Waals surface area (Å²) in [6, 6.07) is 11.5. The minimum atomic E-state index is -0.0572. The van der Waals surface area contributed by atoms with Gasteiger partial charge in [-0.2, -0.15) is 0 Å². The SMILES string of the molecule is Cc1cc(C)c(NC(=O)CCCOc2ccc(Br)cc2)c(Cl)c1. The Labute approximate surface area is 150 Å². The van der Waals surface area contributed by atoms with Gasteiger partial charge in [0.1, 0.15) is 5.75 Å². The number of benzene rings is 2. The summed E-state index contributed by atoms with van der Waals surface area (Å²) in [6.45, 7) is 4.41. The van der Waals surface area contributed by atoms with Gasteiger partial charge in [0.25, 0.3) is 0 Å². The third kappa shape index (κ3) is 5.56. The average molecular weight is 397 g/mol. The van der Waals surface area contributed by atoms with Crippen LogP contribution >= 0.6 is 27.5 Å². The lowest BCUT2D eigenvalue weighted by molar-refractivity contribution is -0.116. The number of anilines is 1. The number of hydrogen-bond donors (Lipinski definition) is 1. The molecule has 0 bridgehead atoms. The number of hydrogen-bond acceptors (Lipinski definition) is 2. The molecule has 0 unspecified atom stereocenters. The molecule has 0 saturated carbocycles. The molecule has 2 aromatic carbocycles. The van der Waals surface area contributed by atoms with E-state index in [1.807, 2.05) is 50.2 Å². The number of ether oxygens (including phenoxy) is 1. The van der Waals surface area contributed by atoms with Gasteiger partial charge in [-0.1, -0.05) is 33.6 Å². The quantitative estimate of drug-likeness (QED) is 0.653. The highest BCUT2D eigenvalue weighted by Crippen LogP contribution is 2.27. The number of carbonyl (C=O) groups excluding carboxylic acids is 1. The molecule has 122 valence electrons. The normalized spacial score (nSPS) is 10.4. The van der Waals surface area contributed by atoms with Crippen molar-refractivity contribution in [3.05, 3.63) is 57.0 Å².